The fourth-order valence-electron chi connectivity index (χ4n) is 2.77. The monoisotopic (exact) mass is 402 g/mol. The highest BCUT2D eigenvalue weighted by atomic mass is 32.2. The second-order valence-electron chi connectivity index (χ2n) is 5.96. The normalized spacial score (nSPS) is 11.6. The molecule has 0 saturated carbocycles. The highest BCUT2D eigenvalue weighted by Crippen LogP contribution is 2.28. The van der Waals surface area contributed by atoms with Crippen molar-refractivity contribution in [2.45, 2.75) is 4.90 Å². The van der Waals surface area contributed by atoms with Crippen LogP contribution in [-0.2, 0) is 10.0 Å². The van der Waals surface area contributed by atoms with Gasteiger partial charge in [0.2, 0.25) is 0 Å². The van der Waals surface area contributed by atoms with Gasteiger partial charge < -0.3 is 4.42 Å². The maximum atomic E-state index is 14.3. The van der Waals surface area contributed by atoms with E-state index in [1.807, 2.05) is 6.07 Å². The number of nitrogens with one attached hydrogen (secondary N) is 2. The van der Waals surface area contributed by atoms with Crippen molar-refractivity contribution >= 4 is 26.8 Å². The Morgan fingerprint density at radius 3 is 2.39 bits per heavy atom. The Morgan fingerprint density at radius 2 is 1.64 bits per heavy atom. The fourth-order valence-corrected chi connectivity index (χ4v) is 3.91. The molecule has 0 aliphatic rings. The Morgan fingerprint density at radius 1 is 0.893 bits per heavy atom. The van der Waals surface area contributed by atoms with Crippen LogP contribution in [0.5, 0.6) is 0 Å². The van der Waals surface area contributed by atoms with Gasteiger partial charge in [-0.2, -0.15) is 0 Å². The lowest BCUT2D eigenvalue weighted by atomic mass is 10.1. The number of oxazole rings is 1. The highest BCUT2D eigenvalue weighted by molar-refractivity contribution is 7.92. The molecule has 6 nitrogen and oxygen atoms in total. The van der Waals surface area contributed by atoms with Crippen LogP contribution < -0.4 is 10.5 Å². The number of benzene rings is 3. The quantitative estimate of drug-likeness (QED) is 0.542. The van der Waals surface area contributed by atoms with Crippen LogP contribution >= 0.6 is 0 Å². The summed E-state index contributed by atoms with van der Waals surface area (Å²) >= 11 is 0. The lowest BCUT2D eigenvalue weighted by molar-refractivity contribution is 0.548. The molecule has 3 aromatic carbocycles. The summed E-state index contributed by atoms with van der Waals surface area (Å²) in [6.45, 7) is 0. The number of aromatic nitrogens is 1. The number of anilines is 1. The summed E-state index contributed by atoms with van der Waals surface area (Å²) in [5.41, 5.74) is 0.872. The van der Waals surface area contributed by atoms with Crippen LogP contribution in [0.15, 0.2) is 74.8 Å². The van der Waals surface area contributed by atoms with E-state index >= 15 is 0 Å². The molecular formula is C19H12F2N2O4S. The molecule has 0 unspecified atom stereocenters. The molecule has 0 aliphatic heterocycles. The number of fused-ring (bicyclic) bond motifs is 1. The van der Waals surface area contributed by atoms with Gasteiger partial charge >= 0.3 is 5.76 Å². The van der Waals surface area contributed by atoms with Crippen molar-refractivity contribution in [3.8, 4) is 11.1 Å². The van der Waals surface area contributed by atoms with Gasteiger partial charge in [-0.25, -0.2) is 22.0 Å². The molecule has 0 saturated heterocycles. The van der Waals surface area contributed by atoms with Crippen molar-refractivity contribution in [3.63, 3.8) is 0 Å². The SMILES string of the molecule is O=c1[nH]c2cc(F)c(S(=O)(=O)Nc3cc(-c4ccccc4)ccc3F)cc2o1. The summed E-state index contributed by atoms with van der Waals surface area (Å²) in [5.74, 6) is -2.78. The van der Waals surface area contributed by atoms with Crippen molar-refractivity contribution in [1.29, 1.82) is 0 Å². The number of sulfonamides is 1. The van der Waals surface area contributed by atoms with Crippen LogP contribution in [0.1, 0.15) is 0 Å². The Balaban J connectivity index is 1.76. The summed E-state index contributed by atoms with van der Waals surface area (Å²) in [7, 11) is -4.49. The molecule has 0 spiro atoms. The Kier molecular flexibility index (Phi) is 4.23. The first-order valence-electron chi connectivity index (χ1n) is 8.04. The minimum atomic E-state index is -4.49. The van der Waals surface area contributed by atoms with Gasteiger partial charge in [0.15, 0.2) is 5.58 Å². The van der Waals surface area contributed by atoms with Gasteiger partial charge in [-0.15, -0.1) is 0 Å². The standard InChI is InChI=1S/C19H12F2N2O4S/c20-13-7-6-12(11-4-2-1-3-5-11)8-15(13)23-28(25,26)18-10-17-16(9-14(18)21)22-19(24)27-17/h1-10,23H,(H,22,24). The molecule has 0 bridgehead atoms. The fraction of sp³-hybridized carbons (Fsp3) is 0. The van der Waals surface area contributed by atoms with Gasteiger partial charge in [0.1, 0.15) is 16.5 Å². The van der Waals surface area contributed by atoms with Gasteiger partial charge in [0.05, 0.1) is 11.2 Å². The Hall–Kier alpha value is -3.46. The van der Waals surface area contributed by atoms with Crippen LogP contribution in [0, 0.1) is 11.6 Å². The zero-order valence-electron chi connectivity index (χ0n) is 14.1. The molecule has 2 N–H and O–H groups in total. The lowest BCUT2D eigenvalue weighted by Gasteiger charge is -2.11. The van der Waals surface area contributed by atoms with Crippen LogP contribution in [0.4, 0.5) is 14.5 Å². The van der Waals surface area contributed by atoms with Crippen LogP contribution in [0.3, 0.4) is 0 Å². The Bertz CT molecular complexity index is 1350. The average Bonchev–Trinajstić information content (AvgIpc) is 3.02. The predicted molar refractivity (Wildman–Crippen MR) is 99.4 cm³/mol. The van der Waals surface area contributed by atoms with Crippen molar-refractivity contribution in [2.75, 3.05) is 4.72 Å². The number of rotatable bonds is 4. The summed E-state index contributed by atoms with van der Waals surface area (Å²) < 4.78 is 60.6. The van der Waals surface area contributed by atoms with Crippen LogP contribution in [-0.4, -0.2) is 13.4 Å². The summed E-state index contributed by atoms with van der Waals surface area (Å²) in [5, 5.41) is 0. The van der Waals surface area contributed by atoms with Gasteiger partial charge in [-0.1, -0.05) is 36.4 Å². The first kappa shape index (κ1) is 17.9. The molecular weight excluding hydrogens is 390 g/mol. The number of hydrogen-bond donors (Lipinski definition) is 2. The highest BCUT2D eigenvalue weighted by Gasteiger charge is 2.23. The van der Waals surface area contributed by atoms with E-state index < -0.39 is 32.3 Å². The van der Waals surface area contributed by atoms with Crippen LogP contribution in [0.2, 0.25) is 0 Å². The maximum Gasteiger partial charge on any atom is 0.417 e. The van der Waals surface area contributed by atoms with Crippen molar-refractivity contribution in [3.05, 3.63) is 82.8 Å². The average molecular weight is 402 g/mol. The van der Waals surface area contributed by atoms with E-state index in [1.54, 1.807) is 24.3 Å². The lowest BCUT2D eigenvalue weighted by Crippen LogP contribution is -2.15. The van der Waals surface area contributed by atoms with Gasteiger partial charge in [0.25, 0.3) is 10.0 Å². The van der Waals surface area contributed by atoms with E-state index in [-0.39, 0.29) is 16.8 Å². The summed E-state index contributed by atoms with van der Waals surface area (Å²) in [6.07, 6.45) is 0. The second-order valence-corrected chi connectivity index (χ2v) is 7.61. The topological polar surface area (TPSA) is 92.2 Å². The van der Waals surface area contributed by atoms with E-state index in [1.165, 1.54) is 12.1 Å². The van der Waals surface area contributed by atoms with Crippen molar-refractivity contribution in [1.82, 2.24) is 4.98 Å². The molecule has 4 rings (SSSR count). The molecule has 0 amide bonds. The number of aromatic amines is 1. The van der Waals surface area contributed by atoms with Crippen LogP contribution in [0.25, 0.3) is 22.2 Å². The summed E-state index contributed by atoms with van der Waals surface area (Å²) in [4.78, 5) is 12.7. The van der Waals surface area contributed by atoms with Gasteiger partial charge in [0, 0.05) is 12.1 Å². The molecule has 0 radical (unpaired) electrons. The van der Waals surface area contributed by atoms with E-state index in [0.29, 0.717) is 5.56 Å². The molecule has 28 heavy (non-hydrogen) atoms. The summed E-state index contributed by atoms with van der Waals surface area (Å²) in [6, 6.07) is 14.6. The third-order valence-corrected chi connectivity index (χ3v) is 5.46. The molecule has 0 atom stereocenters. The molecule has 142 valence electrons. The zero-order valence-corrected chi connectivity index (χ0v) is 14.9. The number of halogens is 2. The first-order chi connectivity index (χ1) is 13.3. The number of H-pyrrole nitrogens is 1. The largest absolute Gasteiger partial charge is 0.417 e. The molecule has 0 aliphatic carbocycles. The van der Waals surface area contributed by atoms with Crippen molar-refractivity contribution in [2.24, 2.45) is 0 Å². The second kappa shape index (κ2) is 6.61. The van der Waals surface area contributed by atoms with E-state index in [2.05, 4.69) is 9.71 Å². The van der Waals surface area contributed by atoms with E-state index in [4.69, 9.17) is 4.42 Å². The minimum absolute atomic E-state index is 0.0127. The molecule has 0 fully saturated rings. The molecule has 4 aromatic rings. The smallest absolute Gasteiger partial charge is 0.408 e. The van der Waals surface area contributed by atoms with Crippen molar-refractivity contribution < 1.29 is 21.6 Å². The third kappa shape index (κ3) is 3.27. The molecule has 1 aromatic heterocycles. The predicted octanol–water partition coefficient (Wildman–Crippen LogP) is 3.87. The zero-order chi connectivity index (χ0) is 19.9. The van der Waals surface area contributed by atoms with E-state index in [0.717, 1.165) is 23.8 Å². The maximum absolute atomic E-state index is 14.3. The van der Waals surface area contributed by atoms with Gasteiger partial charge in [-0.3, -0.25) is 9.71 Å². The molecule has 9 heteroatoms. The van der Waals surface area contributed by atoms with Gasteiger partial charge in [-0.05, 0) is 23.3 Å². The first-order valence-corrected chi connectivity index (χ1v) is 9.52. The molecule has 1 heterocycles. The van der Waals surface area contributed by atoms with E-state index in [9.17, 15) is 22.0 Å². The third-order valence-electron chi connectivity index (χ3n) is 4.08. The Labute approximate surface area is 157 Å². The minimum Gasteiger partial charge on any atom is -0.408 e. The number of hydrogen-bond acceptors (Lipinski definition) is 4.